The van der Waals surface area contributed by atoms with Crippen LogP contribution in [0.2, 0.25) is 0 Å². The summed E-state index contributed by atoms with van der Waals surface area (Å²) in [5, 5.41) is 2.72. The number of rotatable bonds is 4. The number of carbonyl (C=O) groups is 1. The fourth-order valence-electron chi connectivity index (χ4n) is 3.34. The second-order valence-corrected chi connectivity index (χ2v) is 9.02. The van der Waals surface area contributed by atoms with Crippen LogP contribution >= 0.6 is 0 Å². The highest BCUT2D eigenvalue weighted by atomic mass is 32.2. The second kappa shape index (κ2) is 8.49. The predicted octanol–water partition coefficient (Wildman–Crippen LogP) is 3.53. The number of pyridine rings is 1. The Morgan fingerprint density at radius 1 is 1.03 bits per heavy atom. The van der Waals surface area contributed by atoms with Gasteiger partial charge in [-0.15, -0.1) is 0 Å². The summed E-state index contributed by atoms with van der Waals surface area (Å²) in [6, 6.07) is 9.85. The van der Waals surface area contributed by atoms with E-state index >= 15 is 0 Å². The van der Waals surface area contributed by atoms with Crippen molar-refractivity contribution in [3.63, 3.8) is 0 Å². The molecule has 3 aromatic rings. The van der Waals surface area contributed by atoms with Gasteiger partial charge in [0.15, 0.2) is 0 Å². The molecule has 0 radical (unpaired) electrons. The maximum Gasteiger partial charge on any atom is 0.416 e. The van der Waals surface area contributed by atoms with Crippen LogP contribution in [0.3, 0.4) is 0 Å². The van der Waals surface area contributed by atoms with Gasteiger partial charge in [0, 0.05) is 30.2 Å². The molecule has 1 N–H and O–H groups in total. The number of amides is 1. The fraction of sp³-hybridized carbons (Fsp3) is 0.238. The molecule has 1 aliphatic heterocycles. The third kappa shape index (κ3) is 4.45. The van der Waals surface area contributed by atoms with Crippen molar-refractivity contribution in [2.45, 2.75) is 11.1 Å². The number of nitrogens with one attached hydrogen (secondary N) is 1. The third-order valence-electron chi connectivity index (χ3n) is 5.04. The Morgan fingerprint density at radius 2 is 1.72 bits per heavy atom. The number of aromatic nitrogens is 1. The molecular weight excluding hydrogens is 447 g/mol. The van der Waals surface area contributed by atoms with Crippen LogP contribution < -0.4 is 5.32 Å². The summed E-state index contributed by atoms with van der Waals surface area (Å²) in [6.45, 7) is 1.13. The van der Waals surface area contributed by atoms with E-state index in [1.165, 1.54) is 46.9 Å². The number of morpholine rings is 1. The normalized spacial score (nSPS) is 15.6. The zero-order valence-corrected chi connectivity index (χ0v) is 17.4. The highest BCUT2D eigenvalue weighted by molar-refractivity contribution is 7.89. The minimum Gasteiger partial charge on any atom is -0.379 e. The maximum atomic E-state index is 13.1. The largest absolute Gasteiger partial charge is 0.416 e. The molecule has 1 saturated heterocycles. The topological polar surface area (TPSA) is 88.6 Å². The lowest BCUT2D eigenvalue weighted by Crippen LogP contribution is -2.40. The van der Waals surface area contributed by atoms with Crippen LogP contribution in [0, 0.1) is 0 Å². The molecule has 2 heterocycles. The minimum atomic E-state index is -4.53. The number of sulfonamides is 1. The zero-order valence-electron chi connectivity index (χ0n) is 16.6. The molecule has 1 aromatic heterocycles. The van der Waals surface area contributed by atoms with Crippen molar-refractivity contribution in [1.29, 1.82) is 0 Å². The number of halogens is 3. The van der Waals surface area contributed by atoms with Gasteiger partial charge in [0.2, 0.25) is 10.0 Å². The van der Waals surface area contributed by atoms with Gasteiger partial charge in [0.05, 0.1) is 34.9 Å². The number of carbonyl (C=O) groups excluding carboxylic acids is 1. The van der Waals surface area contributed by atoms with E-state index in [1.54, 1.807) is 0 Å². The van der Waals surface area contributed by atoms with Crippen molar-refractivity contribution in [3.05, 3.63) is 65.9 Å². The van der Waals surface area contributed by atoms with E-state index in [9.17, 15) is 26.4 Å². The van der Waals surface area contributed by atoms with Crippen LogP contribution in [0.5, 0.6) is 0 Å². The van der Waals surface area contributed by atoms with Crippen molar-refractivity contribution in [2.75, 3.05) is 31.6 Å². The summed E-state index contributed by atoms with van der Waals surface area (Å²) in [6.07, 6.45) is -3.16. The number of anilines is 1. The number of ether oxygens (including phenoxy) is 1. The van der Waals surface area contributed by atoms with Gasteiger partial charge in [0.25, 0.3) is 5.91 Å². The SMILES string of the molecule is O=C(Nc1ccnc2ccc(C(F)(F)F)cc12)c1ccc(S(=O)(=O)N2CCOCC2)cc1. The van der Waals surface area contributed by atoms with E-state index in [0.29, 0.717) is 18.7 Å². The number of hydrogen-bond donors (Lipinski definition) is 1. The van der Waals surface area contributed by atoms with Crippen LogP contribution in [-0.4, -0.2) is 49.9 Å². The van der Waals surface area contributed by atoms with Gasteiger partial charge < -0.3 is 10.1 Å². The maximum absolute atomic E-state index is 13.1. The monoisotopic (exact) mass is 465 g/mol. The molecule has 0 spiro atoms. The van der Waals surface area contributed by atoms with Gasteiger partial charge in [0.1, 0.15) is 0 Å². The number of fused-ring (bicyclic) bond motifs is 1. The van der Waals surface area contributed by atoms with E-state index in [0.717, 1.165) is 12.1 Å². The molecule has 0 unspecified atom stereocenters. The number of benzene rings is 2. The standard InChI is InChI=1S/C21H18F3N3O4S/c22-21(23,24)15-3-6-18-17(13-15)19(7-8-25-18)26-20(28)14-1-4-16(5-2-14)32(29,30)27-9-11-31-12-10-27/h1-8,13H,9-12H2,(H,25,26,28). The van der Waals surface area contributed by atoms with Crippen molar-refractivity contribution >= 4 is 32.5 Å². The molecule has 7 nitrogen and oxygen atoms in total. The van der Waals surface area contributed by atoms with Gasteiger partial charge in [-0.25, -0.2) is 8.42 Å². The van der Waals surface area contributed by atoms with Crippen molar-refractivity contribution < 1.29 is 31.1 Å². The first-order valence-corrected chi connectivity index (χ1v) is 11.1. The smallest absolute Gasteiger partial charge is 0.379 e. The lowest BCUT2D eigenvalue weighted by molar-refractivity contribution is -0.137. The van der Waals surface area contributed by atoms with E-state index in [4.69, 9.17) is 4.74 Å². The quantitative estimate of drug-likeness (QED) is 0.637. The summed E-state index contributed by atoms with van der Waals surface area (Å²) in [5.74, 6) is -0.592. The van der Waals surface area contributed by atoms with Crippen LogP contribution in [0.25, 0.3) is 10.9 Å². The Morgan fingerprint density at radius 3 is 2.38 bits per heavy atom. The summed E-state index contributed by atoms with van der Waals surface area (Å²) in [5.41, 5.74) is -0.243. The van der Waals surface area contributed by atoms with Crippen molar-refractivity contribution in [2.24, 2.45) is 0 Å². The highest BCUT2D eigenvalue weighted by Gasteiger charge is 2.31. The van der Waals surface area contributed by atoms with Crippen LogP contribution in [0.4, 0.5) is 18.9 Å². The van der Waals surface area contributed by atoms with E-state index in [-0.39, 0.29) is 34.6 Å². The van der Waals surface area contributed by atoms with Gasteiger partial charge in [-0.1, -0.05) is 0 Å². The first kappa shape index (κ1) is 22.2. The van der Waals surface area contributed by atoms with Crippen molar-refractivity contribution in [1.82, 2.24) is 9.29 Å². The molecule has 168 valence electrons. The highest BCUT2D eigenvalue weighted by Crippen LogP contribution is 2.33. The molecule has 1 amide bonds. The number of hydrogen-bond acceptors (Lipinski definition) is 5. The summed E-state index contributed by atoms with van der Waals surface area (Å²) in [7, 11) is -3.70. The Kier molecular flexibility index (Phi) is 5.89. The predicted molar refractivity (Wildman–Crippen MR) is 111 cm³/mol. The first-order chi connectivity index (χ1) is 15.2. The second-order valence-electron chi connectivity index (χ2n) is 7.08. The first-order valence-electron chi connectivity index (χ1n) is 9.61. The fourth-order valence-corrected chi connectivity index (χ4v) is 4.75. The summed E-state index contributed by atoms with van der Waals surface area (Å²) < 4.78 is 71.1. The number of alkyl halides is 3. The van der Waals surface area contributed by atoms with Gasteiger partial charge in [-0.3, -0.25) is 9.78 Å². The molecule has 1 aliphatic rings. The molecular formula is C21H18F3N3O4S. The molecule has 0 atom stereocenters. The Bertz CT molecular complexity index is 1260. The molecule has 32 heavy (non-hydrogen) atoms. The lowest BCUT2D eigenvalue weighted by atomic mass is 10.1. The van der Waals surface area contributed by atoms with Crippen LogP contribution in [0.1, 0.15) is 15.9 Å². The van der Waals surface area contributed by atoms with Gasteiger partial charge in [-0.05, 0) is 48.5 Å². The lowest BCUT2D eigenvalue weighted by Gasteiger charge is -2.26. The van der Waals surface area contributed by atoms with Gasteiger partial charge >= 0.3 is 6.18 Å². The Balaban J connectivity index is 1.57. The zero-order chi connectivity index (χ0) is 22.9. The van der Waals surface area contributed by atoms with Crippen LogP contribution in [0.15, 0.2) is 59.6 Å². The van der Waals surface area contributed by atoms with Crippen LogP contribution in [-0.2, 0) is 20.9 Å². The van der Waals surface area contributed by atoms with Gasteiger partial charge in [-0.2, -0.15) is 17.5 Å². The summed E-state index contributed by atoms with van der Waals surface area (Å²) >= 11 is 0. The molecule has 1 fully saturated rings. The van der Waals surface area contributed by atoms with Crippen molar-refractivity contribution in [3.8, 4) is 0 Å². The molecule has 2 aromatic carbocycles. The number of nitrogens with zero attached hydrogens (tertiary/aromatic N) is 2. The minimum absolute atomic E-state index is 0.0418. The van der Waals surface area contributed by atoms with E-state index in [2.05, 4.69) is 10.3 Å². The molecule has 0 aliphatic carbocycles. The molecule has 11 heteroatoms. The Hall–Kier alpha value is -3.02. The average Bonchev–Trinajstić information content (AvgIpc) is 2.79. The molecule has 4 rings (SSSR count). The van der Waals surface area contributed by atoms with E-state index < -0.39 is 27.7 Å². The molecule has 0 saturated carbocycles. The van der Waals surface area contributed by atoms with E-state index in [1.807, 2.05) is 0 Å². The Labute approximate surface area is 181 Å². The summed E-state index contributed by atoms with van der Waals surface area (Å²) in [4.78, 5) is 16.7. The average molecular weight is 465 g/mol. The molecule has 0 bridgehead atoms. The third-order valence-corrected chi connectivity index (χ3v) is 6.95.